The van der Waals surface area contributed by atoms with Crippen molar-refractivity contribution in [2.45, 2.75) is 0 Å². The topological polar surface area (TPSA) is 76.0 Å². The summed E-state index contributed by atoms with van der Waals surface area (Å²) < 4.78 is 9.44. The second-order valence-electron chi connectivity index (χ2n) is 2.47. The highest BCUT2D eigenvalue weighted by Crippen LogP contribution is 2.22. The van der Waals surface area contributed by atoms with Gasteiger partial charge in [0.15, 0.2) is 6.29 Å². The summed E-state index contributed by atoms with van der Waals surface area (Å²) in [5.74, 6) is 0.586. The van der Waals surface area contributed by atoms with E-state index < -0.39 is 7.32 Å². The van der Waals surface area contributed by atoms with Crippen LogP contribution >= 0.6 is 0 Å². The minimum Gasteiger partial charge on any atom is -0.512 e. The van der Waals surface area contributed by atoms with Gasteiger partial charge in [0.2, 0.25) is 0 Å². The quantitative estimate of drug-likeness (QED) is 0.517. The highest BCUT2D eigenvalue weighted by atomic mass is 16.6. The number of rotatable bonds is 4. The molecule has 0 atom stereocenters. The number of carbonyl (C=O) groups is 1. The molecule has 0 amide bonds. The van der Waals surface area contributed by atoms with Gasteiger partial charge >= 0.3 is 7.32 Å². The number of carbonyl (C=O) groups excluding carboxylic acids is 1. The first-order chi connectivity index (χ1) is 6.67. The SMILES string of the molecule is COc1ccc(OB(O)O)cc1C=O. The number of aldehydes is 1. The lowest BCUT2D eigenvalue weighted by atomic mass is 10.2. The zero-order valence-corrected chi connectivity index (χ0v) is 7.51. The van der Waals surface area contributed by atoms with Gasteiger partial charge in [-0.05, 0) is 18.2 Å². The Kier molecular flexibility index (Phi) is 3.50. The van der Waals surface area contributed by atoms with Crippen LogP contribution in [0, 0.1) is 0 Å². The summed E-state index contributed by atoms with van der Waals surface area (Å²) in [5, 5.41) is 17.0. The van der Waals surface area contributed by atoms with Gasteiger partial charge in [0.1, 0.15) is 11.5 Å². The van der Waals surface area contributed by atoms with Crippen LogP contribution in [0.15, 0.2) is 18.2 Å². The van der Waals surface area contributed by atoms with Gasteiger partial charge in [0, 0.05) is 0 Å². The third-order valence-corrected chi connectivity index (χ3v) is 1.57. The average molecular weight is 196 g/mol. The second kappa shape index (κ2) is 4.64. The molecule has 0 aliphatic heterocycles. The molecule has 0 radical (unpaired) electrons. The normalized spacial score (nSPS) is 9.36. The Morgan fingerprint density at radius 1 is 1.43 bits per heavy atom. The Balaban J connectivity index is 2.95. The number of hydrogen-bond donors (Lipinski definition) is 2. The molecule has 5 nitrogen and oxygen atoms in total. The Morgan fingerprint density at radius 3 is 2.64 bits per heavy atom. The minimum atomic E-state index is -1.90. The third-order valence-electron chi connectivity index (χ3n) is 1.57. The first-order valence-electron chi connectivity index (χ1n) is 3.83. The highest BCUT2D eigenvalue weighted by Gasteiger charge is 2.12. The molecule has 0 unspecified atom stereocenters. The van der Waals surface area contributed by atoms with E-state index in [1.807, 2.05) is 0 Å². The lowest BCUT2D eigenvalue weighted by Gasteiger charge is -2.07. The largest absolute Gasteiger partial charge is 0.707 e. The molecular weight excluding hydrogens is 187 g/mol. The van der Waals surface area contributed by atoms with Crippen LogP contribution in [-0.4, -0.2) is 30.8 Å². The van der Waals surface area contributed by atoms with Crippen LogP contribution in [0.5, 0.6) is 11.5 Å². The minimum absolute atomic E-state index is 0.183. The van der Waals surface area contributed by atoms with E-state index in [9.17, 15) is 4.79 Å². The second-order valence-corrected chi connectivity index (χ2v) is 2.47. The molecule has 6 heteroatoms. The van der Waals surface area contributed by atoms with Crippen molar-refractivity contribution in [2.75, 3.05) is 7.11 Å². The molecule has 0 spiro atoms. The molecule has 0 fully saturated rings. The molecule has 0 bridgehead atoms. The Morgan fingerprint density at radius 2 is 2.14 bits per heavy atom. The molecule has 0 aliphatic carbocycles. The van der Waals surface area contributed by atoms with Crippen molar-refractivity contribution in [3.63, 3.8) is 0 Å². The molecule has 2 N–H and O–H groups in total. The van der Waals surface area contributed by atoms with E-state index in [0.29, 0.717) is 12.0 Å². The maximum absolute atomic E-state index is 10.6. The Bertz CT molecular complexity index is 326. The first kappa shape index (κ1) is 10.6. The molecule has 0 aromatic heterocycles. The molecule has 1 aromatic carbocycles. The standard InChI is InChI=1S/C8H9BO5/c1-13-8-3-2-7(14-9(11)12)4-6(8)5-10/h2-5,11-12H,1H3. The number of methoxy groups -OCH3 is 1. The highest BCUT2D eigenvalue weighted by molar-refractivity contribution is 6.33. The van der Waals surface area contributed by atoms with Crippen LogP contribution in [0.3, 0.4) is 0 Å². The van der Waals surface area contributed by atoms with Crippen LogP contribution in [0.1, 0.15) is 10.4 Å². The van der Waals surface area contributed by atoms with Gasteiger partial charge in [0.25, 0.3) is 0 Å². The summed E-state index contributed by atoms with van der Waals surface area (Å²) >= 11 is 0. The average Bonchev–Trinajstić information content (AvgIpc) is 2.16. The van der Waals surface area contributed by atoms with Gasteiger partial charge in [-0.3, -0.25) is 4.79 Å². The van der Waals surface area contributed by atoms with Crippen molar-refractivity contribution in [2.24, 2.45) is 0 Å². The van der Waals surface area contributed by atoms with Crippen molar-refractivity contribution in [3.05, 3.63) is 23.8 Å². The van der Waals surface area contributed by atoms with Crippen LogP contribution < -0.4 is 9.39 Å². The van der Waals surface area contributed by atoms with Crippen molar-refractivity contribution >= 4 is 13.6 Å². The van der Waals surface area contributed by atoms with E-state index >= 15 is 0 Å². The molecule has 1 rings (SSSR count). The maximum Gasteiger partial charge on any atom is 0.707 e. The molecule has 14 heavy (non-hydrogen) atoms. The van der Waals surface area contributed by atoms with E-state index in [0.717, 1.165) is 0 Å². The van der Waals surface area contributed by atoms with Crippen LogP contribution in [0.4, 0.5) is 0 Å². The smallest absolute Gasteiger partial charge is 0.512 e. The molecule has 0 saturated carbocycles. The molecular formula is C8H9BO5. The number of ether oxygens (including phenoxy) is 1. The van der Waals surface area contributed by atoms with Crippen LogP contribution in [-0.2, 0) is 0 Å². The molecule has 0 saturated heterocycles. The predicted molar refractivity (Wildman–Crippen MR) is 49.2 cm³/mol. The van der Waals surface area contributed by atoms with Crippen LogP contribution in [0.25, 0.3) is 0 Å². The fraction of sp³-hybridized carbons (Fsp3) is 0.125. The lowest BCUT2D eigenvalue weighted by molar-refractivity contribution is 0.112. The van der Waals surface area contributed by atoms with E-state index in [4.69, 9.17) is 14.8 Å². The van der Waals surface area contributed by atoms with Crippen molar-refractivity contribution in [1.29, 1.82) is 0 Å². The summed E-state index contributed by atoms with van der Waals surface area (Å²) in [5.41, 5.74) is 0.283. The Hall–Kier alpha value is -1.53. The lowest BCUT2D eigenvalue weighted by Crippen LogP contribution is -2.20. The van der Waals surface area contributed by atoms with Crippen molar-refractivity contribution in [3.8, 4) is 11.5 Å². The number of hydrogen-bond acceptors (Lipinski definition) is 5. The van der Waals surface area contributed by atoms with Crippen molar-refractivity contribution < 1.29 is 24.2 Å². The first-order valence-corrected chi connectivity index (χ1v) is 3.83. The van der Waals surface area contributed by atoms with E-state index in [2.05, 4.69) is 4.65 Å². The van der Waals surface area contributed by atoms with E-state index in [1.54, 1.807) is 0 Å². The Labute approximate surface area is 81.1 Å². The summed E-state index contributed by atoms with van der Waals surface area (Å²) in [6, 6.07) is 4.32. The molecule has 0 aliphatic rings. The molecule has 1 aromatic rings. The van der Waals surface area contributed by atoms with Crippen molar-refractivity contribution in [1.82, 2.24) is 0 Å². The van der Waals surface area contributed by atoms with E-state index in [-0.39, 0.29) is 11.3 Å². The van der Waals surface area contributed by atoms with Gasteiger partial charge in [-0.2, -0.15) is 0 Å². The van der Waals surface area contributed by atoms with Gasteiger partial charge in [-0.25, -0.2) is 0 Å². The summed E-state index contributed by atoms with van der Waals surface area (Å²) in [7, 11) is -0.466. The predicted octanol–water partition coefficient (Wildman–Crippen LogP) is -0.144. The summed E-state index contributed by atoms with van der Waals surface area (Å²) in [4.78, 5) is 10.6. The van der Waals surface area contributed by atoms with E-state index in [1.165, 1.54) is 25.3 Å². The fourth-order valence-electron chi connectivity index (χ4n) is 1.000. The van der Waals surface area contributed by atoms with Gasteiger partial charge in [-0.15, -0.1) is 0 Å². The summed E-state index contributed by atoms with van der Waals surface area (Å²) in [6.07, 6.45) is 0.593. The van der Waals surface area contributed by atoms with Gasteiger partial charge < -0.3 is 19.4 Å². The maximum atomic E-state index is 10.6. The summed E-state index contributed by atoms with van der Waals surface area (Å²) in [6.45, 7) is 0. The molecule has 74 valence electrons. The van der Waals surface area contributed by atoms with Crippen LogP contribution in [0.2, 0.25) is 0 Å². The zero-order chi connectivity index (χ0) is 10.6. The zero-order valence-electron chi connectivity index (χ0n) is 7.51. The number of benzene rings is 1. The molecule has 0 heterocycles. The monoisotopic (exact) mass is 196 g/mol. The van der Waals surface area contributed by atoms with Gasteiger partial charge in [0.05, 0.1) is 12.7 Å². The third kappa shape index (κ3) is 2.48. The fourth-order valence-corrected chi connectivity index (χ4v) is 1.000. The van der Waals surface area contributed by atoms with Gasteiger partial charge in [-0.1, -0.05) is 0 Å².